The fourth-order valence-corrected chi connectivity index (χ4v) is 1.57. The van der Waals surface area contributed by atoms with Crippen LogP contribution in [0.2, 0.25) is 0 Å². The maximum absolute atomic E-state index is 4.07. The maximum Gasteiger partial charge on any atom is 0.154 e. The third-order valence-corrected chi connectivity index (χ3v) is 2.23. The molecule has 0 spiro atoms. The standard InChI is InChI=1S/C11H8N3/c1-2-4-9-8(3-1)7-10(14-9)11-12-5-6-13-11/h1-5,7,14H,(H,12,13). The highest BCUT2D eigenvalue weighted by atomic mass is 14.9. The van der Waals surface area contributed by atoms with Crippen LogP contribution in [0.25, 0.3) is 22.4 Å². The first kappa shape index (κ1) is 7.38. The molecule has 3 aromatic rings. The minimum Gasteiger partial charge on any atom is -0.352 e. The van der Waals surface area contributed by atoms with Gasteiger partial charge in [0.25, 0.3) is 0 Å². The average molecular weight is 182 g/mol. The number of aromatic amines is 2. The van der Waals surface area contributed by atoms with Crippen LogP contribution in [0.4, 0.5) is 0 Å². The molecule has 0 aliphatic rings. The lowest BCUT2D eigenvalue weighted by Gasteiger charge is -1.87. The van der Waals surface area contributed by atoms with Gasteiger partial charge in [-0.05, 0) is 12.1 Å². The molecule has 14 heavy (non-hydrogen) atoms. The first-order chi connectivity index (χ1) is 6.93. The molecule has 3 heteroatoms. The normalized spacial score (nSPS) is 10.9. The number of hydrogen-bond donors (Lipinski definition) is 2. The summed E-state index contributed by atoms with van der Waals surface area (Å²) >= 11 is 0. The number of H-pyrrole nitrogens is 2. The van der Waals surface area contributed by atoms with Crippen molar-refractivity contribution < 1.29 is 0 Å². The van der Waals surface area contributed by atoms with Crippen LogP contribution in [0, 0.1) is 6.20 Å². The van der Waals surface area contributed by atoms with Gasteiger partial charge in [0.05, 0.1) is 5.69 Å². The van der Waals surface area contributed by atoms with Crippen molar-refractivity contribution in [2.45, 2.75) is 0 Å². The van der Waals surface area contributed by atoms with Crippen LogP contribution in [-0.4, -0.2) is 15.0 Å². The molecule has 0 unspecified atom stereocenters. The number of hydrogen-bond acceptors (Lipinski definition) is 1. The van der Waals surface area contributed by atoms with Crippen molar-refractivity contribution in [1.29, 1.82) is 0 Å². The van der Waals surface area contributed by atoms with Gasteiger partial charge < -0.3 is 9.97 Å². The number of imidazole rings is 1. The summed E-state index contributed by atoms with van der Waals surface area (Å²) < 4.78 is 0. The third kappa shape index (κ3) is 1.03. The fourth-order valence-electron chi connectivity index (χ4n) is 1.57. The molecule has 0 saturated carbocycles. The summed E-state index contributed by atoms with van der Waals surface area (Å²) in [7, 11) is 0. The maximum atomic E-state index is 4.07. The predicted molar refractivity (Wildman–Crippen MR) is 54.7 cm³/mol. The Morgan fingerprint density at radius 3 is 2.93 bits per heavy atom. The Balaban J connectivity index is 2.24. The Morgan fingerprint density at radius 2 is 2.14 bits per heavy atom. The van der Waals surface area contributed by atoms with Crippen molar-refractivity contribution >= 4 is 10.9 Å². The molecule has 0 bridgehead atoms. The summed E-state index contributed by atoms with van der Waals surface area (Å²) in [6, 6.07) is 10.2. The lowest BCUT2D eigenvalue weighted by molar-refractivity contribution is 1.27. The van der Waals surface area contributed by atoms with Gasteiger partial charge in [0, 0.05) is 17.1 Å². The quantitative estimate of drug-likeness (QED) is 0.596. The van der Waals surface area contributed by atoms with E-state index >= 15 is 0 Å². The highest BCUT2D eigenvalue weighted by Crippen LogP contribution is 2.20. The zero-order chi connectivity index (χ0) is 9.38. The molecule has 1 aromatic carbocycles. The molecule has 0 saturated heterocycles. The van der Waals surface area contributed by atoms with E-state index in [9.17, 15) is 0 Å². The number of aromatic nitrogens is 3. The Hall–Kier alpha value is -2.03. The molecule has 2 aromatic heterocycles. The van der Waals surface area contributed by atoms with Gasteiger partial charge in [-0.15, -0.1) is 0 Å². The third-order valence-electron chi connectivity index (χ3n) is 2.23. The Bertz CT molecular complexity index is 516. The molecule has 0 aliphatic carbocycles. The molecule has 0 atom stereocenters. The summed E-state index contributed by atoms with van der Waals surface area (Å²) in [4.78, 5) is 10.4. The topological polar surface area (TPSA) is 44.5 Å². The molecule has 0 aliphatic heterocycles. The van der Waals surface area contributed by atoms with Gasteiger partial charge in [-0.3, -0.25) is 0 Å². The number of benzene rings is 1. The van der Waals surface area contributed by atoms with Gasteiger partial charge in [-0.2, -0.15) is 0 Å². The van der Waals surface area contributed by atoms with E-state index in [1.807, 2.05) is 18.2 Å². The van der Waals surface area contributed by atoms with Gasteiger partial charge in [0.15, 0.2) is 5.82 Å². The number of fused-ring (bicyclic) bond motifs is 1. The van der Waals surface area contributed by atoms with Crippen LogP contribution in [0.1, 0.15) is 0 Å². The molecular formula is C11H8N3. The number of nitrogens with one attached hydrogen (secondary N) is 2. The van der Waals surface area contributed by atoms with E-state index in [2.05, 4.69) is 33.3 Å². The van der Waals surface area contributed by atoms with Gasteiger partial charge in [0.1, 0.15) is 6.20 Å². The lowest BCUT2D eigenvalue weighted by Crippen LogP contribution is -1.77. The SMILES string of the molecule is [c]1c[nH]c(-c2cc3ccccc3[nH]2)n1. The Morgan fingerprint density at radius 1 is 1.21 bits per heavy atom. The molecule has 3 nitrogen and oxygen atoms in total. The van der Waals surface area contributed by atoms with Crippen molar-refractivity contribution in [1.82, 2.24) is 15.0 Å². The summed E-state index contributed by atoms with van der Waals surface area (Å²) in [5.74, 6) is 0.821. The zero-order valence-electron chi connectivity index (χ0n) is 7.41. The van der Waals surface area contributed by atoms with Gasteiger partial charge in [-0.1, -0.05) is 18.2 Å². The van der Waals surface area contributed by atoms with E-state index in [1.54, 1.807) is 6.20 Å². The first-order valence-corrected chi connectivity index (χ1v) is 4.43. The zero-order valence-corrected chi connectivity index (χ0v) is 7.41. The minimum atomic E-state index is 0.821. The highest BCUT2D eigenvalue weighted by molar-refractivity contribution is 5.84. The van der Waals surface area contributed by atoms with Crippen LogP contribution in [0.15, 0.2) is 36.5 Å². The second kappa shape index (κ2) is 2.73. The molecule has 2 heterocycles. The summed E-state index contributed by atoms with van der Waals surface area (Å²) in [5, 5.41) is 1.19. The summed E-state index contributed by atoms with van der Waals surface area (Å²) in [5.41, 5.74) is 2.12. The second-order valence-electron chi connectivity index (χ2n) is 3.15. The fraction of sp³-hybridized carbons (Fsp3) is 0. The Labute approximate surface area is 80.8 Å². The van der Waals surface area contributed by atoms with Crippen LogP contribution >= 0.6 is 0 Å². The number of nitrogens with zero attached hydrogens (tertiary/aromatic N) is 1. The van der Waals surface area contributed by atoms with Crippen molar-refractivity contribution in [2.75, 3.05) is 0 Å². The minimum absolute atomic E-state index is 0.821. The summed E-state index contributed by atoms with van der Waals surface area (Å²) in [6.45, 7) is 0. The Kier molecular flexibility index (Phi) is 1.44. The van der Waals surface area contributed by atoms with Crippen LogP contribution in [0.5, 0.6) is 0 Å². The van der Waals surface area contributed by atoms with Crippen LogP contribution in [-0.2, 0) is 0 Å². The number of para-hydroxylation sites is 1. The van der Waals surface area contributed by atoms with E-state index in [1.165, 1.54) is 5.39 Å². The predicted octanol–water partition coefficient (Wildman–Crippen LogP) is 2.36. The van der Waals surface area contributed by atoms with Crippen molar-refractivity contribution in [3.63, 3.8) is 0 Å². The van der Waals surface area contributed by atoms with Crippen LogP contribution in [0.3, 0.4) is 0 Å². The molecule has 67 valence electrons. The second-order valence-corrected chi connectivity index (χ2v) is 3.15. The average Bonchev–Trinajstić information content (AvgIpc) is 2.86. The first-order valence-electron chi connectivity index (χ1n) is 4.43. The van der Waals surface area contributed by atoms with Gasteiger partial charge in [-0.25, -0.2) is 4.98 Å². The molecule has 1 radical (unpaired) electrons. The molecule has 0 fully saturated rings. The largest absolute Gasteiger partial charge is 0.352 e. The summed E-state index contributed by atoms with van der Waals surface area (Å²) in [6.07, 6.45) is 4.44. The van der Waals surface area contributed by atoms with Crippen molar-refractivity contribution in [3.8, 4) is 11.5 Å². The monoisotopic (exact) mass is 182 g/mol. The van der Waals surface area contributed by atoms with E-state index in [4.69, 9.17) is 0 Å². The molecular weight excluding hydrogens is 174 g/mol. The smallest absolute Gasteiger partial charge is 0.154 e. The van der Waals surface area contributed by atoms with Crippen molar-refractivity contribution in [2.24, 2.45) is 0 Å². The molecule has 0 amide bonds. The van der Waals surface area contributed by atoms with Crippen LogP contribution < -0.4 is 0 Å². The van der Waals surface area contributed by atoms with Gasteiger partial charge in [0.2, 0.25) is 0 Å². The number of rotatable bonds is 1. The van der Waals surface area contributed by atoms with Gasteiger partial charge >= 0.3 is 0 Å². The van der Waals surface area contributed by atoms with E-state index < -0.39 is 0 Å². The van der Waals surface area contributed by atoms with Crippen molar-refractivity contribution in [3.05, 3.63) is 42.7 Å². The van der Waals surface area contributed by atoms with E-state index in [0.29, 0.717) is 0 Å². The lowest BCUT2D eigenvalue weighted by atomic mass is 10.2. The van der Waals surface area contributed by atoms with E-state index in [0.717, 1.165) is 17.0 Å². The highest BCUT2D eigenvalue weighted by Gasteiger charge is 2.03. The molecule has 3 rings (SSSR count). The van der Waals surface area contributed by atoms with E-state index in [-0.39, 0.29) is 0 Å². The molecule has 2 N–H and O–H groups in total.